The summed E-state index contributed by atoms with van der Waals surface area (Å²) in [5.74, 6) is -0.354. The van der Waals surface area contributed by atoms with Crippen molar-refractivity contribution in [3.8, 4) is 0 Å². The maximum atomic E-state index is 12.3. The molecule has 2 fully saturated rings. The second-order valence-corrected chi connectivity index (χ2v) is 7.48. The lowest BCUT2D eigenvalue weighted by molar-refractivity contribution is -0.0764. The average Bonchev–Trinajstić information content (AvgIpc) is 3.19. The molecule has 1 saturated heterocycles. The van der Waals surface area contributed by atoms with Gasteiger partial charge in [0.15, 0.2) is 0 Å². The maximum absolute atomic E-state index is 12.3. The lowest BCUT2D eigenvalue weighted by atomic mass is 9.91. The van der Waals surface area contributed by atoms with Crippen LogP contribution in [0, 0.1) is 5.92 Å². The SMILES string of the molecule is NC(=O)c1ccc(S(=O)(=O)N2CC(O)(C3CC3)C2)cc1. The Labute approximate surface area is 117 Å². The van der Waals surface area contributed by atoms with Crippen LogP contribution < -0.4 is 5.73 Å². The van der Waals surface area contributed by atoms with Crippen molar-refractivity contribution in [2.45, 2.75) is 23.3 Å². The van der Waals surface area contributed by atoms with Crippen molar-refractivity contribution in [2.75, 3.05) is 13.1 Å². The molecule has 2 aliphatic rings. The third-order valence-corrected chi connectivity index (χ3v) is 5.82. The summed E-state index contributed by atoms with van der Waals surface area (Å²) in [4.78, 5) is 11.1. The predicted molar refractivity (Wildman–Crippen MR) is 71.4 cm³/mol. The molecule has 1 heterocycles. The first-order valence-corrected chi connectivity index (χ1v) is 7.89. The molecule has 1 aromatic rings. The number of β-amino-alcohol motifs (C(OH)–C–C–N with tert-alkyl or cyclic N) is 1. The number of nitrogens with zero attached hydrogens (tertiary/aromatic N) is 1. The average molecular weight is 296 g/mol. The highest BCUT2D eigenvalue weighted by Gasteiger charge is 2.55. The Balaban J connectivity index is 1.77. The lowest BCUT2D eigenvalue weighted by Crippen LogP contribution is -2.64. The smallest absolute Gasteiger partial charge is 0.248 e. The van der Waals surface area contributed by atoms with E-state index >= 15 is 0 Å². The van der Waals surface area contributed by atoms with Gasteiger partial charge in [-0.2, -0.15) is 4.31 Å². The van der Waals surface area contributed by atoms with Gasteiger partial charge in [-0.25, -0.2) is 8.42 Å². The molecule has 0 radical (unpaired) electrons. The van der Waals surface area contributed by atoms with Gasteiger partial charge in [-0.15, -0.1) is 0 Å². The summed E-state index contributed by atoms with van der Waals surface area (Å²) in [7, 11) is -3.60. The van der Waals surface area contributed by atoms with Crippen LogP contribution in [0.2, 0.25) is 0 Å². The van der Waals surface area contributed by atoms with Crippen LogP contribution >= 0.6 is 0 Å². The number of hydrogen-bond acceptors (Lipinski definition) is 4. The highest BCUT2D eigenvalue weighted by atomic mass is 32.2. The molecule has 6 nitrogen and oxygen atoms in total. The molecule has 1 aliphatic heterocycles. The summed E-state index contributed by atoms with van der Waals surface area (Å²) in [6.07, 6.45) is 1.94. The summed E-state index contributed by atoms with van der Waals surface area (Å²) in [5.41, 5.74) is 4.53. The quantitative estimate of drug-likeness (QED) is 0.812. The first-order valence-electron chi connectivity index (χ1n) is 6.45. The number of nitrogens with two attached hydrogens (primary N) is 1. The van der Waals surface area contributed by atoms with Crippen LogP contribution in [0.4, 0.5) is 0 Å². The number of hydrogen-bond donors (Lipinski definition) is 2. The van der Waals surface area contributed by atoms with Crippen molar-refractivity contribution < 1.29 is 18.3 Å². The van der Waals surface area contributed by atoms with Crippen LogP contribution in [-0.2, 0) is 10.0 Å². The molecule has 3 rings (SSSR count). The second kappa shape index (κ2) is 4.28. The van der Waals surface area contributed by atoms with Gasteiger partial charge in [0.2, 0.25) is 15.9 Å². The van der Waals surface area contributed by atoms with Crippen LogP contribution in [0.1, 0.15) is 23.2 Å². The van der Waals surface area contributed by atoms with Crippen LogP contribution in [0.15, 0.2) is 29.2 Å². The van der Waals surface area contributed by atoms with E-state index in [1.165, 1.54) is 28.6 Å². The fourth-order valence-corrected chi connectivity index (χ4v) is 4.12. The largest absolute Gasteiger partial charge is 0.387 e. The molecule has 1 aromatic carbocycles. The number of amides is 1. The van der Waals surface area contributed by atoms with E-state index in [1.54, 1.807) is 0 Å². The predicted octanol–water partition coefficient (Wildman–Crippen LogP) is -0.0691. The number of rotatable bonds is 4. The van der Waals surface area contributed by atoms with Gasteiger partial charge in [0.05, 0.1) is 10.5 Å². The highest BCUT2D eigenvalue weighted by molar-refractivity contribution is 7.89. The van der Waals surface area contributed by atoms with Gasteiger partial charge >= 0.3 is 0 Å². The molecule has 0 atom stereocenters. The van der Waals surface area contributed by atoms with Crippen molar-refractivity contribution in [1.29, 1.82) is 0 Å². The van der Waals surface area contributed by atoms with Gasteiger partial charge in [-0.05, 0) is 43.0 Å². The summed E-state index contributed by atoms with van der Waals surface area (Å²) < 4.78 is 25.9. The van der Waals surface area contributed by atoms with Gasteiger partial charge < -0.3 is 10.8 Å². The van der Waals surface area contributed by atoms with Crippen molar-refractivity contribution in [3.05, 3.63) is 29.8 Å². The molecule has 0 spiro atoms. The van der Waals surface area contributed by atoms with Gasteiger partial charge in [0.25, 0.3) is 0 Å². The van der Waals surface area contributed by atoms with Gasteiger partial charge in [0.1, 0.15) is 0 Å². The number of carbonyl (C=O) groups is 1. The molecular formula is C13H16N2O4S. The zero-order valence-electron chi connectivity index (χ0n) is 10.8. The minimum atomic E-state index is -3.60. The molecule has 1 saturated carbocycles. The normalized spacial score (nSPS) is 22.2. The first-order chi connectivity index (χ1) is 9.33. The van der Waals surface area contributed by atoms with E-state index in [9.17, 15) is 18.3 Å². The first kappa shape index (κ1) is 13.5. The van der Waals surface area contributed by atoms with Gasteiger partial charge in [-0.1, -0.05) is 0 Å². The Bertz CT molecular complexity index is 643. The highest BCUT2D eigenvalue weighted by Crippen LogP contribution is 2.45. The van der Waals surface area contributed by atoms with Gasteiger partial charge in [0, 0.05) is 18.7 Å². The Morgan fingerprint density at radius 3 is 2.25 bits per heavy atom. The summed E-state index contributed by atoms with van der Waals surface area (Å²) in [6.45, 7) is 0.301. The standard InChI is InChI=1S/C13H16N2O4S/c14-12(16)9-1-5-11(6-2-9)20(18,19)15-7-13(17,8-15)10-3-4-10/h1-2,5-6,10,17H,3-4,7-8H2,(H2,14,16). The van der Waals surface area contributed by atoms with E-state index in [-0.39, 0.29) is 29.5 Å². The van der Waals surface area contributed by atoms with Crippen LogP contribution in [0.3, 0.4) is 0 Å². The third kappa shape index (κ3) is 2.11. The summed E-state index contributed by atoms with van der Waals surface area (Å²) in [6, 6.07) is 5.51. The molecule has 1 amide bonds. The third-order valence-electron chi connectivity index (χ3n) is 4.01. The second-order valence-electron chi connectivity index (χ2n) is 5.54. The topological polar surface area (TPSA) is 101 Å². The van der Waals surface area contributed by atoms with Crippen molar-refractivity contribution in [2.24, 2.45) is 11.7 Å². The Kier molecular flexibility index (Phi) is 2.89. The molecule has 7 heteroatoms. The number of aliphatic hydroxyl groups is 1. The number of benzene rings is 1. The van der Waals surface area contributed by atoms with E-state index < -0.39 is 21.5 Å². The van der Waals surface area contributed by atoms with E-state index in [4.69, 9.17) is 5.73 Å². The van der Waals surface area contributed by atoms with Gasteiger partial charge in [-0.3, -0.25) is 4.79 Å². The summed E-state index contributed by atoms with van der Waals surface area (Å²) >= 11 is 0. The fraction of sp³-hybridized carbons (Fsp3) is 0.462. The van der Waals surface area contributed by atoms with E-state index in [0.717, 1.165) is 12.8 Å². The Hall–Kier alpha value is -1.44. The molecule has 0 bridgehead atoms. The van der Waals surface area contributed by atoms with Crippen LogP contribution in [0.5, 0.6) is 0 Å². The maximum Gasteiger partial charge on any atom is 0.248 e. The molecule has 0 unspecified atom stereocenters. The molecule has 0 aromatic heterocycles. The summed E-state index contributed by atoms with van der Waals surface area (Å²) in [5, 5.41) is 10.2. The fourth-order valence-electron chi connectivity index (χ4n) is 2.55. The zero-order valence-corrected chi connectivity index (χ0v) is 11.6. The Morgan fingerprint density at radius 2 is 1.80 bits per heavy atom. The molecule has 20 heavy (non-hydrogen) atoms. The zero-order chi connectivity index (χ0) is 14.5. The minimum Gasteiger partial charge on any atom is -0.387 e. The van der Waals surface area contributed by atoms with Crippen LogP contribution in [-0.4, -0.2) is 42.4 Å². The van der Waals surface area contributed by atoms with Crippen molar-refractivity contribution in [3.63, 3.8) is 0 Å². The molecule has 3 N–H and O–H groups in total. The minimum absolute atomic E-state index is 0.111. The van der Waals surface area contributed by atoms with Crippen LogP contribution in [0.25, 0.3) is 0 Å². The molecule has 1 aliphatic carbocycles. The van der Waals surface area contributed by atoms with E-state index in [2.05, 4.69) is 0 Å². The van der Waals surface area contributed by atoms with Crippen molar-refractivity contribution in [1.82, 2.24) is 4.31 Å². The van der Waals surface area contributed by atoms with E-state index in [1.807, 2.05) is 0 Å². The van der Waals surface area contributed by atoms with E-state index in [0.29, 0.717) is 0 Å². The number of sulfonamides is 1. The van der Waals surface area contributed by atoms with Crippen molar-refractivity contribution >= 4 is 15.9 Å². The Morgan fingerprint density at radius 1 is 1.25 bits per heavy atom. The monoisotopic (exact) mass is 296 g/mol. The number of primary amides is 1. The number of carbonyl (C=O) groups excluding carboxylic acids is 1. The molecule has 108 valence electrons. The molecular weight excluding hydrogens is 280 g/mol. The lowest BCUT2D eigenvalue weighted by Gasteiger charge is -2.45.